The Kier molecular flexibility index (Phi) is 5.99. The van der Waals surface area contributed by atoms with Crippen molar-refractivity contribution in [1.29, 1.82) is 0 Å². The van der Waals surface area contributed by atoms with Crippen LogP contribution in [-0.4, -0.2) is 23.5 Å². The van der Waals surface area contributed by atoms with Crippen molar-refractivity contribution >= 4 is 34.0 Å². The standard InChI is InChI=1S/C16H23N3S/c1-20-12-5-3-2-4-10-18-15-9-8-14(17)16-13(15)7-6-11-19-16/h6-9,11,18H,2-5,10,12,17H2,1H3. The summed E-state index contributed by atoms with van der Waals surface area (Å²) in [5.41, 5.74) is 8.71. The number of anilines is 2. The van der Waals surface area contributed by atoms with Gasteiger partial charge < -0.3 is 11.1 Å². The maximum atomic E-state index is 5.96. The first-order valence-corrected chi connectivity index (χ1v) is 8.58. The molecular weight excluding hydrogens is 266 g/mol. The van der Waals surface area contributed by atoms with Crippen LogP contribution >= 0.6 is 11.8 Å². The SMILES string of the molecule is CSCCCCCCNc1ccc(N)c2ncccc12. The zero-order valence-corrected chi connectivity index (χ0v) is 12.9. The summed E-state index contributed by atoms with van der Waals surface area (Å²) in [6, 6.07) is 8.00. The average molecular weight is 289 g/mol. The lowest BCUT2D eigenvalue weighted by Crippen LogP contribution is -2.03. The third kappa shape index (κ3) is 4.04. The van der Waals surface area contributed by atoms with E-state index < -0.39 is 0 Å². The van der Waals surface area contributed by atoms with Crippen molar-refractivity contribution in [3.63, 3.8) is 0 Å². The number of nitrogen functional groups attached to an aromatic ring is 1. The summed E-state index contributed by atoms with van der Waals surface area (Å²) in [6.45, 7) is 1.01. The lowest BCUT2D eigenvalue weighted by Gasteiger charge is -2.10. The molecule has 0 unspecified atom stereocenters. The minimum Gasteiger partial charge on any atom is -0.397 e. The van der Waals surface area contributed by atoms with E-state index in [0.717, 1.165) is 28.8 Å². The van der Waals surface area contributed by atoms with Gasteiger partial charge in [0.2, 0.25) is 0 Å². The van der Waals surface area contributed by atoms with Crippen LogP contribution in [-0.2, 0) is 0 Å². The number of aromatic nitrogens is 1. The zero-order valence-electron chi connectivity index (χ0n) is 12.1. The van der Waals surface area contributed by atoms with Gasteiger partial charge in [-0.05, 0) is 49.1 Å². The van der Waals surface area contributed by atoms with Gasteiger partial charge in [0.25, 0.3) is 0 Å². The Balaban J connectivity index is 1.86. The number of nitrogens with two attached hydrogens (primary N) is 1. The number of hydrogen-bond acceptors (Lipinski definition) is 4. The van der Waals surface area contributed by atoms with E-state index in [2.05, 4.69) is 22.6 Å². The van der Waals surface area contributed by atoms with E-state index in [1.807, 2.05) is 30.0 Å². The smallest absolute Gasteiger partial charge is 0.0951 e. The fraction of sp³-hybridized carbons (Fsp3) is 0.438. The first-order chi connectivity index (χ1) is 9.83. The van der Waals surface area contributed by atoms with Gasteiger partial charge in [-0.25, -0.2) is 0 Å². The number of fused-ring (bicyclic) bond motifs is 1. The summed E-state index contributed by atoms with van der Waals surface area (Å²) in [6.07, 6.45) is 9.11. The Labute approximate surface area is 125 Å². The minimum atomic E-state index is 0.739. The molecule has 3 nitrogen and oxygen atoms in total. The second-order valence-electron chi connectivity index (χ2n) is 4.94. The lowest BCUT2D eigenvalue weighted by molar-refractivity contribution is 0.689. The quantitative estimate of drug-likeness (QED) is 0.566. The molecule has 3 N–H and O–H groups in total. The predicted octanol–water partition coefficient (Wildman–Crippen LogP) is 4.15. The van der Waals surface area contributed by atoms with E-state index in [-0.39, 0.29) is 0 Å². The van der Waals surface area contributed by atoms with Crippen LogP contribution in [0.1, 0.15) is 25.7 Å². The molecule has 0 amide bonds. The molecule has 0 fully saturated rings. The van der Waals surface area contributed by atoms with Crippen molar-refractivity contribution < 1.29 is 0 Å². The molecule has 0 aliphatic heterocycles. The van der Waals surface area contributed by atoms with Crippen molar-refractivity contribution in [1.82, 2.24) is 4.98 Å². The maximum Gasteiger partial charge on any atom is 0.0951 e. The van der Waals surface area contributed by atoms with Crippen LogP contribution in [0.3, 0.4) is 0 Å². The van der Waals surface area contributed by atoms with E-state index in [1.165, 1.54) is 31.4 Å². The molecule has 0 spiro atoms. The Morgan fingerprint density at radius 1 is 1.15 bits per heavy atom. The molecule has 1 heterocycles. The summed E-state index contributed by atoms with van der Waals surface area (Å²) in [7, 11) is 0. The number of nitrogens with zero attached hydrogens (tertiary/aromatic N) is 1. The Morgan fingerprint density at radius 2 is 2.00 bits per heavy atom. The van der Waals surface area contributed by atoms with Gasteiger partial charge in [0.05, 0.1) is 11.2 Å². The number of pyridine rings is 1. The van der Waals surface area contributed by atoms with Crippen LogP contribution in [0, 0.1) is 0 Å². The number of hydrogen-bond donors (Lipinski definition) is 2. The van der Waals surface area contributed by atoms with Crippen LogP contribution < -0.4 is 11.1 Å². The number of thioether (sulfide) groups is 1. The fourth-order valence-electron chi connectivity index (χ4n) is 2.30. The van der Waals surface area contributed by atoms with Crippen LogP contribution in [0.2, 0.25) is 0 Å². The van der Waals surface area contributed by atoms with Gasteiger partial charge in [0.1, 0.15) is 0 Å². The van der Waals surface area contributed by atoms with Crippen LogP contribution in [0.4, 0.5) is 11.4 Å². The molecule has 0 radical (unpaired) electrons. The minimum absolute atomic E-state index is 0.739. The van der Waals surface area contributed by atoms with Crippen LogP contribution in [0.5, 0.6) is 0 Å². The summed E-state index contributed by atoms with van der Waals surface area (Å²) < 4.78 is 0. The Hall–Kier alpha value is -1.42. The summed E-state index contributed by atoms with van der Waals surface area (Å²) in [4.78, 5) is 4.35. The number of rotatable bonds is 8. The third-order valence-corrected chi connectivity index (χ3v) is 4.09. The number of nitrogens with one attached hydrogen (secondary N) is 1. The molecule has 0 aliphatic rings. The van der Waals surface area contributed by atoms with Gasteiger partial charge in [-0.1, -0.05) is 12.8 Å². The molecule has 4 heteroatoms. The molecular formula is C16H23N3S. The van der Waals surface area contributed by atoms with Gasteiger partial charge >= 0.3 is 0 Å². The molecule has 0 saturated heterocycles. The Bertz CT molecular complexity index is 542. The molecule has 0 bridgehead atoms. The van der Waals surface area contributed by atoms with Crippen molar-refractivity contribution in [2.24, 2.45) is 0 Å². The molecule has 108 valence electrons. The molecule has 1 aromatic carbocycles. The van der Waals surface area contributed by atoms with E-state index >= 15 is 0 Å². The molecule has 20 heavy (non-hydrogen) atoms. The fourth-order valence-corrected chi connectivity index (χ4v) is 2.79. The summed E-state index contributed by atoms with van der Waals surface area (Å²) >= 11 is 1.93. The maximum absolute atomic E-state index is 5.96. The first kappa shape index (κ1) is 15.0. The molecule has 0 aliphatic carbocycles. The average Bonchev–Trinajstić information content (AvgIpc) is 2.49. The topological polar surface area (TPSA) is 50.9 Å². The monoisotopic (exact) mass is 289 g/mol. The summed E-state index contributed by atoms with van der Waals surface area (Å²) in [5.74, 6) is 1.28. The first-order valence-electron chi connectivity index (χ1n) is 7.19. The van der Waals surface area contributed by atoms with E-state index in [9.17, 15) is 0 Å². The highest BCUT2D eigenvalue weighted by Crippen LogP contribution is 2.26. The van der Waals surface area contributed by atoms with Crippen molar-refractivity contribution in [3.05, 3.63) is 30.5 Å². The summed E-state index contributed by atoms with van der Waals surface area (Å²) in [5, 5.41) is 4.61. The van der Waals surface area contributed by atoms with E-state index in [0.29, 0.717) is 0 Å². The van der Waals surface area contributed by atoms with Gasteiger partial charge in [-0.15, -0.1) is 0 Å². The van der Waals surface area contributed by atoms with Crippen molar-refractivity contribution in [3.8, 4) is 0 Å². The van der Waals surface area contributed by atoms with E-state index in [4.69, 9.17) is 5.73 Å². The third-order valence-electron chi connectivity index (χ3n) is 3.39. The molecule has 2 aromatic rings. The van der Waals surface area contributed by atoms with Crippen molar-refractivity contribution in [2.45, 2.75) is 25.7 Å². The second kappa shape index (κ2) is 8.00. The second-order valence-corrected chi connectivity index (χ2v) is 5.92. The van der Waals surface area contributed by atoms with Gasteiger partial charge in [0.15, 0.2) is 0 Å². The van der Waals surface area contributed by atoms with Gasteiger partial charge in [-0.3, -0.25) is 4.98 Å². The van der Waals surface area contributed by atoms with Crippen LogP contribution in [0.25, 0.3) is 10.9 Å². The number of benzene rings is 1. The van der Waals surface area contributed by atoms with Crippen LogP contribution in [0.15, 0.2) is 30.5 Å². The molecule has 0 atom stereocenters. The van der Waals surface area contributed by atoms with Crippen molar-refractivity contribution in [2.75, 3.05) is 29.6 Å². The van der Waals surface area contributed by atoms with Gasteiger partial charge in [-0.2, -0.15) is 11.8 Å². The zero-order chi connectivity index (χ0) is 14.2. The molecule has 2 rings (SSSR count). The molecule has 0 saturated carbocycles. The largest absolute Gasteiger partial charge is 0.397 e. The van der Waals surface area contributed by atoms with Gasteiger partial charge in [0, 0.05) is 23.8 Å². The normalized spacial score (nSPS) is 10.8. The number of unbranched alkanes of at least 4 members (excludes halogenated alkanes) is 3. The van der Waals surface area contributed by atoms with E-state index in [1.54, 1.807) is 6.20 Å². The predicted molar refractivity (Wildman–Crippen MR) is 91.5 cm³/mol. The highest BCUT2D eigenvalue weighted by atomic mass is 32.2. The lowest BCUT2D eigenvalue weighted by atomic mass is 10.1. The molecule has 1 aromatic heterocycles. The highest BCUT2D eigenvalue weighted by molar-refractivity contribution is 7.98. The Morgan fingerprint density at radius 3 is 2.85 bits per heavy atom. The highest BCUT2D eigenvalue weighted by Gasteiger charge is 2.03.